The molecule has 1 aliphatic rings. The third-order valence-corrected chi connectivity index (χ3v) is 3.18. The molecule has 5 heteroatoms. The van der Waals surface area contributed by atoms with Gasteiger partial charge in [0.1, 0.15) is 5.75 Å². The number of esters is 1. The van der Waals surface area contributed by atoms with Gasteiger partial charge in [0.15, 0.2) is 0 Å². The van der Waals surface area contributed by atoms with Crippen molar-refractivity contribution in [3.8, 4) is 11.8 Å². The molecule has 1 saturated heterocycles. The van der Waals surface area contributed by atoms with E-state index in [-0.39, 0.29) is 12.3 Å². The monoisotopic (exact) mass is 289 g/mol. The molecule has 0 bridgehead atoms. The number of unbranched alkanes of at least 4 members (excludes halogenated alkanes) is 1. The number of nitriles is 1. The van der Waals surface area contributed by atoms with Gasteiger partial charge in [-0.3, -0.25) is 4.79 Å². The molecule has 1 aromatic carbocycles. The van der Waals surface area contributed by atoms with E-state index >= 15 is 0 Å². The summed E-state index contributed by atoms with van der Waals surface area (Å²) in [7, 11) is 0. The Morgan fingerprint density at radius 1 is 1.33 bits per heavy atom. The predicted octanol–water partition coefficient (Wildman–Crippen LogP) is 2.79. The van der Waals surface area contributed by atoms with E-state index in [0.29, 0.717) is 25.2 Å². The topological polar surface area (TPSA) is 68.5 Å². The van der Waals surface area contributed by atoms with Crippen molar-refractivity contribution in [1.29, 1.82) is 5.26 Å². The Morgan fingerprint density at radius 2 is 2.14 bits per heavy atom. The van der Waals surface area contributed by atoms with Gasteiger partial charge in [-0.1, -0.05) is 0 Å². The Balaban J connectivity index is 1.54. The molecule has 1 fully saturated rings. The minimum atomic E-state index is -0.340. The summed E-state index contributed by atoms with van der Waals surface area (Å²) >= 11 is 0. The van der Waals surface area contributed by atoms with Crippen molar-refractivity contribution in [1.82, 2.24) is 0 Å². The number of benzene rings is 1. The largest absolute Gasteiger partial charge is 0.494 e. The highest BCUT2D eigenvalue weighted by Crippen LogP contribution is 2.15. The number of rotatable bonds is 7. The van der Waals surface area contributed by atoms with Gasteiger partial charge in [-0.2, -0.15) is 5.26 Å². The fourth-order valence-electron chi connectivity index (χ4n) is 2.03. The maximum atomic E-state index is 11.5. The smallest absolute Gasteiger partial charge is 0.308 e. The lowest BCUT2D eigenvalue weighted by molar-refractivity contribution is -0.169. The van der Waals surface area contributed by atoms with E-state index in [1.54, 1.807) is 24.3 Å². The van der Waals surface area contributed by atoms with Crippen molar-refractivity contribution in [2.24, 2.45) is 0 Å². The molecule has 2 rings (SSSR count). The maximum Gasteiger partial charge on any atom is 0.308 e. The van der Waals surface area contributed by atoms with Crippen LogP contribution in [0.1, 0.15) is 37.7 Å². The highest BCUT2D eigenvalue weighted by Gasteiger charge is 2.19. The standard InChI is InChI=1S/C16H19NO4/c17-12-13-6-8-14(9-7-13)19-10-2-1-4-15(18)21-16-5-3-11-20-16/h6-9,16H,1-5,10-11H2. The first-order valence-electron chi connectivity index (χ1n) is 7.22. The number of nitrogens with zero attached hydrogens (tertiary/aromatic N) is 1. The minimum absolute atomic E-state index is 0.208. The first-order chi connectivity index (χ1) is 10.3. The van der Waals surface area contributed by atoms with Gasteiger partial charge < -0.3 is 14.2 Å². The van der Waals surface area contributed by atoms with Crippen molar-refractivity contribution >= 4 is 5.97 Å². The summed E-state index contributed by atoms with van der Waals surface area (Å²) in [6, 6.07) is 9.02. The van der Waals surface area contributed by atoms with E-state index < -0.39 is 0 Å². The molecule has 0 spiro atoms. The number of carbonyl (C=O) groups excluding carboxylic acids is 1. The second-order valence-electron chi connectivity index (χ2n) is 4.87. The molecule has 1 aromatic rings. The molecular weight excluding hydrogens is 270 g/mol. The first-order valence-corrected chi connectivity index (χ1v) is 7.22. The third kappa shape index (κ3) is 5.44. The zero-order valence-corrected chi connectivity index (χ0v) is 11.9. The number of hydrogen-bond acceptors (Lipinski definition) is 5. The van der Waals surface area contributed by atoms with Crippen LogP contribution >= 0.6 is 0 Å². The second-order valence-corrected chi connectivity index (χ2v) is 4.87. The van der Waals surface area contributed by atoms with Crippen LogP contribution in [0.5, 0.6) is 5.75 Å². The Bertz CT molecular complexity index is 486. The molecule has 1 heterocycles. The Kier molecular flexibility index (Phi) is 6.04. The zero-order chi connectivity index (χ0) is 14.9. The van der Waals surface area contributed by atoms with E-state index in [2.05, 4.69) is 6.07 Å². The molecule has 1 unspecified atom stereocenters. The summed E-state index contributed by atoms with van der Waals surface area (Å²) in [6.07, 6.45) is 3.30. The third-order valence-electron chi connectivity index (χ3n) is 3.18. The van der Waals surface area contributed by atoms with Crippen LogP contribution in [0.15, 0.2) is 24.3 Å². The molecule has 0 aliphatic carbocycles. The summed E-state index contributed by atoms with van der Waals surface area (Å²) in [6.45, 7) is 1.22. The Labute approximate surface area is 124 Å². The van der Waals surface area contributed by atoms with Crippen molar-refractivity contribution in [3.63, 3.8) is 0 Å². The SMILES string of the molecule is N#Cc1ccc(OCCCCC(=O)OC2CCCO2)cc1. The molecule has 0 saturated carbocycles. The molecule has 5 nitrogen and oxygen atoms in total. The minimum Gasteiger partial charge on any atom is -0.494 e. The van der Waals surface area contributed by atoms with Gasteiger partial charge in [0.05, 0.1) is 24.8 Å². The van der Waals surface area contributed by atoms with Gasteiger partial charge in [0.2, 0.25) is 6.29 Å². The Morgan fingerprint density at radius 3 is 2.81 bits per heavy atom. The fourth-order valence-corrected chi connectivity index (χ4v) is 2.03. The van der Waals surface area contributed by atoms with Gasteiger partial charge in [-0.15, -0.1) is 0 Å². The van der Waals surface area contributed by atoms with E-state index in [4.69, 9.17) is 19.5 Å². The van der Waals surface area contributed by atoms with Crippen LogP contribution < -0.4 is 4.74 Å². The molecule has 1 atom stereocenters. The van der Waals surface area contributed by atoms with Crippen LogP contribution in [0, 0.1) is 11.3 Å². The van der Waals surface area contributed by atoms with Gasteiger partial charge in [-0.05, 0) is 43.5 Å². The predicted molar refractivity (Wildman–Crippen MR) is 75.6 cm³/mol. The quantitative estimate of drug-likeness (QED) is 0.570. The lowest BCUT2D eigenvalue weighted by Gasteiger charge is -2.11. The first kappa shape index (κ1) is 15.3. The van der Waals surface area contributed by atoms with Crippen molar-refractivity contribution in [2.45, 2.75) is 38.4 Å². The summed E-state index contributed by atoms with van der Waals surface area (Å²) in [5.74, 6) is 0.524. The van der Waals surface area contributed by atoms with Crippen LogP contribution in [0.25, 0.3) is 0 Å². The summed E-state index contributed by atoms with van der Waals surface area (Å²) in [4.78, 5) is 11.5. The maximum absolute atomic E-state index is 11.5. The normalized spacial score (nSPS) is 17.2. The summed E-state index contributed by atoms with van der Waals surface area (Å²) in [5.41, 5.74) is 0.610. The second kappa shape index (κ2) is 8.28. The highest BCUT2D eigenvalue weighted by molar-refractivity contribution is 5.69. The number of ether oxygens (including phenoxy) is 3. The number of carbonyl (C=O) groups is 1. The zero-order valence-electron chi connectivity index (χ0n) is 11.9. The van der Waals surface area contributed by atoms with Crippen molar-refractivity contribution in [2.75, 3.05) is 13.2 Å². The molecule has 0 N–H and O–H groups in total. The van der Waals surface area contributed by atoms with Gasteiger partial charge in [-0.25, -0.2) is 0 Å². The van der Waals surface area contributed by atoms with E-state index in [0.717, 1.165) is 31.4 Å². The summed E-state index contributed by atoms with van der Waals surface area (Å²) in [5, 5.41) is 8.68. The van der Waals surface area contributed by atoms with Gasteiger partial charge in [0.25, 0.3) is 0 Å². The van der Waals surface area contributed by atoms with E-state index in [1.807, 2.05) is 0 Å². The molecule has 0 aromatic heterocycles. The summed E-state index contributed by atoms with van der Waals surface area (Å²) < 4.78 is 15.9. The molecule has 21 heavy (non-hydrogen) atoms. The lowest BCUT2D eigenvalue weighted by atomic mass is 10.2. The lowest BCUT2D eigenvalue weighted by Crippen LogP contribution is -2.16. The average molecular weight is 289 g/mol. The highest BCUT2D eigenvalue weighted by atomic mass is 16.7. The molecular formula is C16H19NO4. The molecule has 112 valence electrons. The molecule has 1 aliphatic heterocycles. The Hall–Kier alpha value is -2.06. The van der Waals surface area contributed by atoms with Crippen molar-refractivity contribution < 1.29 is 19.0 Å². The molecule has 0 amide bonds. The van der Waals surface area contributed by atoms with Gasteiger partial charge >= 0.3 is 5.97 Å². The van der Waals surface area contributed by atoms with Gasteiger partial charge in [0, 0.05) is 12.8 Å². The fraction of sp³-hybridized carbons (Fsp3) is 0.500. The van der Waals surface area contributed by atoms with Crippen LogP contribution in [-0.4, -0.2) is 25.5 Å². The van der Waals surface area contributed by atoms with Crippen LogP contribution in [0.3, 0.4) is 0 Å². The average Bonchev–Trinajstić information content (AvgIpc) is 3.00. The number of hydrogen-bond donors (Lipinski definition) is 0. The van der Waals surface area contributed by atoms with Crippen molar-refractivity contribution in [3.05, 3.63) is 29.8 Å². The van der Waals surface area contributed by atoms with Crippen LogP contribution in [0.2, 0.25) is 0 Å². The molecule has 0 radical (unpaired) electrons. The van der Waals surface area contributed by atoms with Crippen LogP contribution in [-0.2, 0) is 14.3 Å². The van der Waals surface area contributed by atoms with Crippen LogP contribution in [0.4, 0.5) is 0 Å². The van der Waals surface area contributed by atoms with E-state index in [9.17, 15) is 4.79 Å². The van der Waals surface area contributed by atoms with E-state index in [1.165, 1.54) is 0 Å².